The lowest BCUT2D eigenvalue weighted by Gasteiger charge is -2.28. The van der Waals surface area contributed by atoms with Crippen LogP contribution in [0.1, 0.15) is 227 Å². The molecule has 0 aliphatic carbocycles. The van der Waals surface area contributed by atoms with Crippen LogP contribution in [-0.4, -0.2) is 78.6 Å². The van der Waals surface area contributed by atoms with Gasteiger partial charge in [0, 0.05) is 53.9 Å². The van der Waals surface area contributed by atoms with Crippen molar-refractivity contribution < 1.29 is 9.47 Å². The number of allylic oxidation sites excluding steroid dienone is 6. The molecule has 1 fully saturated rings. The summed E-state index contributed by atoms with van der Waals surface area (Å²) in [6, 6.07) is 0. The molecule has 9 heteroatoms. The molecule has 0 aromatic rings. The summed E-state index contributed by atoms with van der Waals surface area (Å²) in [5.74, 6) is 7.24. The number of hydrogen-bond donors (Lipinski definition) is 0. The van der Waals surface area contributed by atoms with Crippen LogP contribution in [0.15, 0.2) is 36.5 Å². The van der Waals surface area contributed by atoms with Crippen LogP contribution in [0, 0.1) is 0 Å². The molecule has 0 aromatic heterocycles. The van der Waals surface area contributed by atoms with Gasteiger partial charge in [0.1, 0.15) is 0 Å². The molecule has 1 heterocycles. The van der Waals surface area contributed by atoms with Gasteiger partial charge in [0.2, 0.25) is 0 Å². The van der Waals surface area contributed by atoms with E-state index in [1.54, 1.807) is 0 Å². The van der Waals surface area contributed by atoms with Gasteiger partial charge in [-0.1, -0.05) is 219 Å². The Morgan fingerprint density at radius 3 is 1.21 bits per heavy atom. The fraction of sp³-hybridized carbons (Fsp3) is 0.887. The number of nitrogens with zero attached hydrogens (tertiary/aromatic N) is 1. The maximum atomic E-state index is 6.65. The minimum Gasteiger partial charge on any atom is -0.347 e. The Labute approximate surface area is 413 Å². The largest absolute Gasteiger partial charge is 0.347 e. The van der Waals surface area contributed by atoms with Gasteiger partial charge in [-0.2, -0.15) is 0 Å². The molecular weight excluding hydrogens is 875 g/mol. The molecule has 0 saturated carbocycles. The summed E-state index contributed by atoms with van der Waals surface area (Å²) in [4.78, 5) is 2.25. The van der Waals surface area contributed by atoms with Crippen LogP contribution in [-0.2, 0) is 9.47 Å². The highest BCUT2D eigenvalue weighted by molar-refractivity contribution is 8.77. The van der Waals surface area contributed by atoms with Crippen LogP contribution in [0.2, 0.25) is 0 Å². The highest BCUT2D eigenvalue weighted by Crippen LogP contribution is 2.36. The highest BCUT2D eigenvalue weighted by Gasteiger charge is 2.40. The summed E-state index contributed by atoms with van der Waals surface area (Å²) in [6.45, 7) is 10.9. The fourth-order valence-electron chi connectivity index (χ4n) is 7.08. The zero-order valence-electron chi connectivity index (χ0n) is 41.8. The van der Waals surface area contributed by atoms with E-state index in [0.717, 1.165) is 32.4 Å². The van der Waals surface area contributed by atoms with Crippen LogP contribution >= 0.6 is 64.8 Å². The van der Waals surface area contributed by atoms with Crippen LogP contribution < -0.4 is 0 Å². The van der Waals surface area contributed by atoms with E-state index >= 15 is 0 Å². The van der Waals surface area contributed by atoms with Crippen LogP contribution in [0.4, 0.5) is 0 Å². The molecule has 1 aliphatic heterocycles. The maximum absolute atomic E-state index is 6.65. The van der Waals surface area contributed by atoms with E-state index in [9.17, 15) is 0 Å². The number of unbranched alkanes of at least 4 members (excludes halogenated alkanes) is 19. The third-order valence-electron chi connectivity index (χ3n) is 11.0. The summed E-state index contributed by atoms with van der Waals surface area (Å²) < 4.78 is 13.1. The van der Waals surface area contributed by atoms with Gasteiger partial charge < -0.3 is 14.4 Å². The Balaban J connectivity index is 0.00000173. The lowest BCUT2D eigenvalue weighted by Crippen LogP contribution is -2.31. The second-order valence-corrected chi connectivity index (χ2v) is 25.6. The normalized spacial score (nSPS) is 16.8. The zero-order chi connectivity index (χ0) is 45.1. The molecular formula is C53H103NO2S6. The van der Waals surface area contributed by atoms with Crippen molar-refractivity contribution in [2.24, 2.45) is 0 Å². The lowest BCUT2D eigenvalue weighted by atomic mass is 10.0. The minimum atomic E-state index is -0.332. The molecule has 2 unspecified atom stereocenters. The van der Waals surface area contributed by atoms with Gasteiger partial charge in [0.15, 0.2) is 5.79 Å². The number of ether oxygens (including phenoxy) is 2. The van der Waals surface area contributed by atoms with E-state index < -0.39 is 0 Å². The standard InChI is InChI=1S/C37H71NO2S4.C16H32S2/c1-5-7-9-11-13-15-17-19-24-31-41-43-33-25-20-21-28-37(39-35-36(40-37)27-30-38(3)4)29-22-26-34-44-42-32-23-18-16-14-12-10-8-6-2;1-3-5-7-8-9-10-11-12-14-16-18-17-15-13-6-4-2/h16-19,36H,5-15,20-35H2,1-4H3;11-12H,3-10,13-16H2,1-2H3/b18-16-,19-17-;12-11-. The van der Waals surface area contributed by atoms with Crippen molar-refractivity contribution in [1.82, 2.24) is 4.90 Å². The van der Waals surface area contributed by atoms with Gasteiger partial charge >= 0.3 is 0 Å². The van der Waals surface area contributed by atoms with Crippen molar-refractivity contribution in [2.45, 2.75) is 239 Å². The molecule has 368 valence electrons. The van der Waals surface area contributed by atoms with E-state index in [4.69, 9.17) is 9.47 Å². The van der Waals surface area contributed by atoms with Crippen LogP contribution in [0.25, 0.3) is 0 Å². The molecule has 0 spiro atoms. The van der Waals surface area contributed by atoms with Gasteiger partial charge in [-0.05, 0) is 110 Å². The summed E-state index contributed by atoms with van der Waals surface area (Å²) in [6.07, 6.45) is 55.0. The summed E-state index contributed by atoms with van der Waals surface area (Å²) in [5, 5.41) is 0. The second kappa shape index (κ2) is 53.2. The van der Waals surface area contributed by atoms with Gasteiger partial charge in [-0.3, -0.25) is 0 Å². The SMILES string of the molecule is CCCCCC/C=C\CCSSCCCCC1(CCCCCSSCC/C=C\CCCCCCC)OCC(CCN(C)C)O1.CCCCCCC/C=C\CCSSCCCCC. The lowest BCUT2D eigenvalue weighted by molar-refractivity contribution is -0.179. The zero-order valence-corrected chi connectivity index (χ0v) is 46.7. The Bertz CT molecular complexity index is 953. The second-order valence-electron chi connectivity index (χ2n) is 17.5. The van der Waals surface area contributed by atoms with E-state index in [1.807, 2.05) is 32.4 Å². The van der Waals surface area contributed by atoms with E-state index in [-0.39, 0.29) is 11.9 Å². The molecule has 0 amide bonds. The third kappa shape index (κ3) is 47.7. The van der Waals surface area contributed by atoms with Crippen molar-refractivity contribution in [3.8, 4) is 0 Å². The smallest absolute Gasteiger partial charge is 0.168 e. The first-order valence-corrected chi connectivity index (χ1v) is 33.6. The monoisotopic (exact) mass is 978 g/mol. The predicted molar refractivity (Wildman–Crippen MR) is 300 cm³/mol. The van der Waals surface area contributed by atoms with Crippen molar-refractivity contribution in [1.29, 1.82) is 0 Å². The molecule has 1 aliphatic rings. The topological polar surface area (TPSA) is 21.7 Å². The molecule has 62 heavy (non-hydrogen) atoms. The first-order chi connectivity index (χ1) is 30.5. The predicted octanol–water partition coefficient (Wildman–Crippen LogP) is 19.6. The van der Waals surface area contributed by atoms with Crippen molar-refractivity contribution in [3.63, 3.8) is 0 Å². The highest BCUT2D eigenvalue weighted by atomic mass is 33.1. The first kappa shape index (κ1) is 63.2. The Hall–Kier alpha value is 1.20. The van der Waals surface area contributed by atoms with Crippen molar-refractivity contribution >= 4 is 64.8 Å². The van der Waals surface area contributed by atoms with Gasteiger partial charge in [-0.25, -0.2) is 0 Å². The van der Waals surface area contributed by atoms with Gasteiger partial charge in [0.05, 0.1) is 12.7 Å². The quantitative estimate of drug-likeness (QED) is 0.0335. The Morgan fingerprint density at radius 1 is 0.419 bits per heavy atom. The van der Waals surface area contributed by atoms with Gasteiger partial charge in [-0.15, -0.1) is 0 Å². The summed E-state index contributed by atoms with van der Waals surface area (Å²) in [5.41, 5.74) is 0. The minimum absolute atomic E-state index is 0.254. The molecule has 0 bridgehead atoms. The molecule has 0 N–H and O–H groups in total. The number of hydrogen-bond acceptors (Lipinski definition) is 9. The van der Waals surface area contributed by atoms with Crippen molar-refractivity contribution in [2.75, 3.05) is 61.8 Å². The van der Waals surface area contributed by atoms with E-state index in [2.05, 4.69) is 116 Å². The van der Waals surface area contributed by atoms with Gasteiger partial charge in [0.25, 0.3) is 0 Å². The van der Waals surface area contributed by atoms with E-state index in [0.29, 0.717) is 0 Å². The Morgan fingerprint density at radius 2 is 0.758 bits per heavy atom. The molecule has 2 atom stereocenters. The third-order valence-corrected chi connectivity index (χ3v) is 18.6. The molecule has 3 nitrogen and oxygen atoms in total. The molecule has 0 aromatic carbocycles. The van der Waals surface area contributed by atoms with Crippen molar-refractivity contribution in [3.05, 3.63) is 36.5 Å². The molecule has 1 rings (SSSR count). The summed E-state index contributed by atoms with van der Waals surface area (Å²) in [7, 11) is 16.6. The van der Waals surface area contributed by atoms with Crippen LogP contribution in [0.5, 0.6) is 0 Å². The first-order valence-electron chi connectivity index (χ1n) is 26.2. The van der Waals surface area contributed by atoms with Crippen LogP contribution in [0.3, 0.4) is 0 Å². The molecule has 0 radical (unpaired) electrons. The Kier molecular flexibility index (Phi) is 54.2. The average molecular weight is 979 g/mol. The number of rotatable bonds is 47. The summed E-state index contributed by atoms with van der Waals surface area (Å²) >= 11 is 0. The average Bonchev–Trinajstić information content (AvgIpc) is 3.68. The molecule has 1 saturated heterocycles. The fourth-order valence-corrected chi connectivity index (χ4v) is 13.5. The van der Waals surface area contributed by atoms with E-state index in [1.165, 1.54) is 214 Å². The maximum Gasteiger partial charge on any atom is 0.168 e.